The number of hydrogen-bond acceptors (Lipinski definition) is 11. The molecule has 3 aromatic rings. The predicted octanol–water partition coefficient (Wildman–Crippen LogP) is 4.63. The highest BCUT2D eigenvalue weighted by molar-refractivity contribution is 6.25. The number of carbonyl (C=O) groups is 11. The molecule has 0 spiro atoms. The first-order chi connectivity index (χ1) is 31.4. The fourth-order valence-electron chi connectivity index (χ4n) is 8.94. The minimum Gasteiger partial charge on any atom is -0.320 e. The molecule has 2 saturated heterocycles. The minimum atomic E-state index is -0.912. The van der Waals surface area contributed by atoms with E-state index in [0.717, 1.165) is 39.3 Å². The van der Waals surface area contributed by atoms with Gasteiger partial charge in [0.25, 0.3) is 29.5 Å². The molecule has 3 aromatic carbocycles. The van der Waals surface area contributed by atoms with Gasteiger partial charge >= 0.3 is 0 Å². The molecule has 11 amide bonds. The van der Waals surface area contributed by atoms with Crippen molar-refractivity contribution < 1.29 is 52.7 Å². The summed E-state index contributed by atoms with van der Waals surface area (Å²) in [5.41, 5.74) is 5.92. The Kier molecular flexibility index (Phi) is 14.6. The van der Waals surface area contributed by atoms with E-state index in [1.54, 1.807) is 35.2 Å². The topological polar surface area (TPSA) is 234 Å². The van der Waals surface area contributed by atoms with E-state index >= 15 is 0 Å². The van der Waals surface area contributed by atoms with Crippen LogP contribution in [0.4, 0.5) is 0 Å². The van der Waals surface area contributed by atoms with E-state index < -0.39 is 59.5 Å². The summed E-state index contributed by atoms with van der Waals surface area (Å²) in [6.07, 6.45) is 3.02. The van der Waals surface area contributed by atoms with Gasteiger partial charge in [-0.3, -0.25) is 78.5 Å². The molecule has 17 nitrogen and oxygen atoms in total. The minimum absolute atomic E-state index is 0.0911. The summed E-state index contributed by atoms with van der Waals surface area (Å²) in [7, 11) is 0. The molecular weight excluding hydrogens is 849 g/mol. The van der Waals surface area contributed by atoms with Gasteiger partial charge in [-0.25, -0.2) is 0 Å². The number of fused-ring (bicyclic) bond motifs is 3. The zero-order valence-electron chi connectivity index (χ0n) is 38.0. The van der Waals surface area contributed by atoms with E-state index in [1.165, 1.54) is 5.56 Å². The summed E-state index contributed by atoms with van der Waals surface area (Å²) in [6, 6.07) is 13.6. The summed E-state index contributed by atoms with van der Waals surface area (Å²) >= 11 is 0. The predicted molar refractivity (Wildman–Crippen MR) is 238 cm³/mol. The highest BCUT2D eigenvalue weighted by Gasteiger charge is 2.47. The van der Waals surface area contributed by atoms with Crippen LogP contribution in [0.25, 0.3) is 0 Å². The van der Waals surface area contributed by atoms with Crippen molar-refractivity contribution in [3.8, 4) is 0 Å². The van der Waals surface area contributed by atoms with Crippen molar-refractivity contribution in [1.82, 2.24) is 30.7 Å². The molecule has 0 radical (unpaired) electrons. The molecule has 8 rings (SSSR count). The SMILES string of the molecule is CC(C)c1cccc2c1C(=O)N(C1CCC(=O)NC1=O)C2=O.CCCC(C(=O)NC=O)N1C(=O)c2ccc(C(C)C)cc2C1C.CCc1ccc2c(c1)C(=O)N(C1CCC(=O)NC1=O)C2=O. The van der Waals surface area contributed by atoms with Crippen molar-refractivity contribution in [1.29, 1.82) is 0 Å². The Morgan fingerprint density at radius 2 is 1.27 bits per heavy atom. The lowest BCUT2D eigenvalue weighted by molar-refractivity contribution is -0.137. The number of aryl methyl sites for hydroxylation is 1. The number of rotatable bonds is 10. The van der Waals surface area contributed by atoms with Crippen LogP contribution in [0.15, 0.2) is 54.6 Å². The van der Waals surface area contributed by atoms with Crippen molar-refractivity contribution in [2.45, 2.75) is 129 Å². The maximum Gasteiger partial charge on any atom is 0.262 e. The van der Waals surface area contributed by atoms with Gasteiger partial charge in [-0.15, -0.1) is 0 Å². The number of imide groups is 5. The molecule has 5 aliphatic rings. The fraction of sp³-hybridized carbons (Fsp3) is 0.408. The molecule has 17 heteroatoms. The third kappa shape index (κ3) is 9.19. The fourth-order valence-corrected chi connectivity index (χ4v) is 8.94. The van der Waals surface area contributed by atoms with Crippen LogP contribution in [-0.4, -0.2) is 98.3 Å². The molecule has 0 aromatic heterocycles. The number of carbonyl (C=O) groups excluding carboxylic acids is 11. The van der Waals surface area contributed by atoms with Crippen LogP contribution in [0.3, 0.4) is 0 Å². The van der Waals surface area contributed by atoms with Crippen LogP contribution in [-0.2, 0) is 35.2 Å². The molecular formula is C49H54N6O11. The first kappa shape index (κ1) is 48.3. The monoisotopic (exact) mass is 902 g/mol. The van der Waals surface area contributed by atoms with Gasteiger partial charge in [0.05, 0.1) is 28.3 Å². The maximum atomic E-state index is 12.8. The number of hydrogen-bond donors (Lipinski definition) is 3. The van der Waals surface area contributed by atoms with E-state index in [9.17, 15) is 52.7 Å². The second kappa shape index (κ2) is 19.9. The van der Waals surface area contributed by atoms with Crippen molar-refractivity contribution >= 4 is 65.5 Å². The molecule has 4 atom stereocenters. The molecule has 5 aliphatic heterocycles. The zero-order chi connectivity index (χ0) is 48.3. The highest BCUT2D eigenvalue weighted by Crippen LogP contribution is 2.38. The number of nitrogens with zero attached hydrogens (tertiary/aromatic N) is 3. The number of benzene rings is 3. The molecule has 0 bridgehead atoms. The van der Waals surface area contributed by atoms with Gasteiger partial charge < -0.3 is 4.90 Å². The van der Waals surface area contributed by atoms with Gasteiger partial charge in [-0.1, -0.05) is 78.3 Å². The molecule has 66 heavy (non-hydrogen) atoms. The Morgan fingerprint density at radius 1 is 0.697 bits per heavy atom. The van der Waals surface area contributed by atoms with Crippen LogP contribution in [0.2, 0.25) is 0 Å². The Hall–Kier alpha value is -7.17. The Morgan fingerprint density at radius 3 is 1.82 bits per heavy atom. The third-order valence-electron chi connectivity index (χ3n) is 12.5. The second-order valence-electron chi connectivity index (χ2n) is 17.4. The van der Waals surface area contributed by atoms with Gasteiger partial charge in [0.15, 0.2) is 0 Å². The molecule has 2 fully saturated rings. The quantitative estimate of drug-likeness (QED) is 0.188. The largest absolute Gasteiger partial charge is 0.320 e. The van der Waals surface area contributed by atoms with Crippen LogP contribution >= 0.6 is 0 Å². The summed E-state index contributed by atoms with van der Waals surface area (Å²) in [5.74, 6) is -3.84. The molecule has 0 aliphatic carbocycles. The van der Waals surface area contributed by atoms with Crippen molar-refractivity contribution in [2.75, 3.05) is 0 Å². The number of piperidine rings is 2. The standard InChI is InChI=1S/C18H24N2O3.C16H16N2O4.C15H14N2O4/c1-5-6-16(17(22)19-10-21)20-12(4)15-9-13(11(2)3)7-8-14(15)18(20)23;1-8(2)9-4-3-5-10-13(9)16(22)18(15(10)21)11-6-7-12(19)17-14(11)20;1-2-8-3-4-9-10(7-8)15(21)17(14(9)20)11-5-6-12(18)16-13(11)19/h7-12,16H,5-6H2,1-4H3,(H,19,21,22);3-5,8,11H,6-7H2,1-2H3,(H,17,19,20);3-4,7,11H,2,5-6H2,1H3,(H,16,18,19). The van der Waals surface area contributed by atoms with Crippen LogP contribution in [0.1, 0.15) is 179 Å². The third-order valence-corrected chi connectivity index (χ3v) is 12.5. The molecule has 4 unspecified atom stereocenters. The van der Waals surface area contributed by atoms with Crippen LogP contribution in [0, 0.1) is 0 Å². The zero-order valence-corrected chi connectivity index (χ0v) is 38.0. The maximum absolute atomic E-state index is 12.8. The van der Waals surface area contributed by atoms with Gasteiger partial charge in [-0.05, 0) is 91.0 Å². The average Bonchev–Trinajstić information content (AvgIpc) is 3.80. The van der Waals surface area contributed by atoms with Gasteiger partial charge in [-0.2, -0.15) is 0 Å². The van der Waals surface area contributed by atoms with E-state index in [-0.39, 0.29) is 55.4 Å². The van der Waals surface area contributed by atoms with E-state index in [0.29, 0.717) is 46.6 Å². The van der Waals surface area contributed by atoms with Gasteiger partial charge in [0, 0.05) is 18.4 Å². The molecule has 346 valence electrons. The second-order valence-corrected chi connectivity index (χ2v) is 17.4. The highest BCUT2D eigenvalue weighted by atomic mass is 16.2. The summed E-state index contributed by atoms with van der Waals surface area (Å²) in [4.78, 5) is 135. The van der Waals surface area contributed by atoms with Gasteiger partial charge in [0.1, 0.15) is 18.1 Å². The number of amides is 11. The van der Waals surface area contributed by atoms with Crippen molar-refractivity contribution in [2.24, 2.45) is 0 Å². The van der Waals surface area contributed by atoms with Crippen molar-refractivity contribution in [3.05, 3.63) is 105 Å². The van der Waals surface area contributed by atoms with E-state index in [1.807, 2.05) is 52.8 Å². The lowest BCUT2D eigenvalue weighted by Gasteiger charge is -2.30. The Bertz CT molecular complexity index is 2570. The normalized spacial score (nSPS) is 20.3. The Labute approximate surface area is 382 Å². The van der Waals surface area contributed by atoms with Crippen LogP contribution in [0.5, 0.6) is 0 Å². The lowest BCUT2D eigenvalue weighted by atomic mass is 9.94. The van der Waals surface area contributed by atoms with Crippen molar-refractivity contribution in [3.63, 3.8) is 0 Å². The molecule has 5 heterocycles. The molecule has 0 saturated carbocycles. The first-order valence-corrected chi connectivity index (χ1v) is 22.3. The number of nitrogens with one attached hydrogen (secondary N) is 3. The molecule has 3 N–H and O–H groups in total. The Balaban J connectivity index is 0.000000164. The van der Waals surface area contributed by atoms with Crippen LogP contribution < -0.4 is 16.0 Å². The van der Waals surface area contributed by atoms with Gasteiger partial charge in [0.2, 0.25) is 35.9 Å². The average molecular weight is 903 g/mol. The smallest absolute Gasteiger partial charge is 0.262 e. The van der Waals surface area contributed by atoms with E-state index in [2.05, 4.69) is 35.9 Å². The first-order valence-electron chi connectivity index (χ1n) is 22.3. The lowest BCUT2D eigenvalue weighted by Crippen LogP contribution is -2.54. The summed E-state index contributed by atoms with van der Waals surface area (Å²) < 4.78 is 0. The summed E-state index contributed by atoms with van der Waals surface area (Å²) in [5, 5.41) is 6.55. The summed E-state index contributed by atoms with van der Waals surface area (Å²) in [6.45, 7) is 14.0. The van der Waals surface area contributed by atoms with E-state index in [4.69, 9.17) is 0 Å².